The first-order chi connectivity index (χ1) is 12.0. The number of nitrogens with zero attached hydrogens (tertiary/aromatic N) is 2. The zero-order valence-corrected chi connectivity index (χ0v) is 13.7. The fraction of sp³-hybridized carbons (Fsp3) is 0.125. The van der Waals surface area contributed by atoms with Gasteiger partial charge in [-0.2, -0.15) is 0 Å². The van der Waals surface area contributed by atoms with Crippen LogP contribution < -0.4 is 10.1 Å². The lowest BCUT2D eigenvalue weighted by Gasteiger charge is -2.06. The number of hydrogen-bond acceptors (Lipinski definition) is 6. The highest BCUT2D eigenvalue weighted by molar-refractivity contribution is 6.32. The van der Waals surface area contributed by atoms with Gasteiger partial charge in [-0.1, -0.05) is 11.6 Å². The molecule has 128 valence electrons. The molecule has 3 aromatic rings. The average molecular weight is 362 g/mol. The number of furan rings is 1. The quantitative estimate of drug-likeness (QED) is 0.717. The van der Waals surface area contributed by atoms with E-state index in [1.54, 1.807) is 12.1 Å². The van der Waals surface area contributed by atoms with Gasteiger partial charge in [-0.3, -0.25) is 4.79 Å². The van der Waals surface area contributed by atoms with Crippen LogP contribution in [0.1, 0.15) is 26.5 Å². The highest BCUT2D eigenvalue weighted by atomic mass is 35.5. The van der Waals surface area contributed by atoms with Gasteiger partial charge in [0.2, 0.25) is 5.88 Å². The third-order valence-corrected chi connectivity index (χ3v) is 3.62. The molecule has 2 N–H and O–H groups in total. The van der Waals surface area contributed by atoms with E-state index in [-0.39, 0.29) is 34.2 Å². The van der Waals surface area contributed by atoms with Gasteiger partial charge in [0.05, 0.1) is 13.7 Å². The number of carbonyl (C=O) groups is 2. The number of ether oxygens (including phenoxy) is 1. The standard InChI is InChI=1S/C16H12ClN3O5/c1-24-15-12(6-18-7-20-15)14(21)19-5-10-3-8-2-9(17)4-11(16(22)23)13(8)25-10/h2-4,6-7H,5H2,1H3,(H,19,21)(H,22,23). The van der Waals surface area contributed by atoms with Crippen LogP contribution in [0.5, 0.6) is 5.88 Å². The zero-order valence-electron chi connectivity index (χ0n) is 12.9. The number of carbonyl (C=O) groups excluding carboxylic acids is 1. The van der Waals surface area contributed by atoms with E-state index in [2.05, 4.69) is 15.3 Å². The van der Waals surface area contributed by atoms with Crippen molar-refractivity contribution in [2.45, 2.75) is 6.54 Å². The molecule has 0 atom stereocenters. The van der Waals surface area contributed by atoms with E-state index in [0.717, 1.165) is 0 Å². The third-order valence-electron chi connectivity index (χ3n) is 3.40. The molecule has 25 heavy (non-hydrogen) atoms. The molecule has 0 unspecified atom stereocenters. The number of aromatic nitrogens is 2. The third kappa shape index (κ3) is 3.38. The first-order valence-electron chi connectivity index (χ1n) is 7.07. The number of methoxy groups -OCH3 is 1. The number of carboxylic acid groups (broad SMARTS) is 1. The Morgan fingerprint density at radius 1 is 1.32 bits per heavy atom. The van der Waals surface area contributed by atoms with Crippen LogP contribution in [0.4, 0.5) is 0 Å². The smallest absolute Gasteiger partial charge is 0.339 e. The lowest BCUT2D eigenvalue weighted by Crippen LogP contribution is -2.23. The van der Waals surface area contributed by atoms with Crippen LogP contribution in [0.15, 0.2) is 35.1 Å². The summed E-state index contributed by atoms with van der Waals surface area (Å²) in [5.41, 5.74) is 0.329. The van der Waals surface area contributed by atoms with Crippen LogP contribution in [0, 0.1) is 0 Å². The van der Waals surface area contributed by atoms with Crippen LogP contribution in [-0.4, -0.2) is 34.1 Å². The molecule has 1 amide bonds. The minimum absolute atomic E-state index is 0.0433. The van der Waals surface area contributed by atoms with Crippen LogP contribution in [0.2, 0.25) is 5.02 Å². The van der Waals surface area contributed by atoms with Crippen molar-refractivity contribution in [1.29, 1.82) is 0 Å². The molecule has 1 aromatic carbocycles. The van der Waals surface area contributed by atoms with Gasteiger partial charge >= 0.3 is 5.97 Å². The minimum atomic E-state index is -1.15. The Hall–Kier alpha value is -3.13. The lowest BCUT2D eigenvalue weighted by molar-refractivity contribution is 0.0697. The summed E-state index contributed by atoms with van der Waals surface area (Å²) in [6.07, 6.45) is 2.61. The van der Waals surface area contributed by atoms with Crippen LogP contribution in [0.25, 0.3) is 11.0 Å². The second-order valence-corrected chi connectivity index (χ2v) is 5.45. The number of rotatable bonds is 5. The lowest BCUT2D eigenvalue weighted by atomic mass is 10.1. The van der Waals surface area contributed by atoms with E-state index < -0.39 is 11.9 Å². The molecule has 8 nitrogen and oxygen atoms in total. The summed E-state index contributed by atoms with van der Waals surface area (Å²) >= 11 is 5.92. The molecule has 0 fully saturated rings. The molecule has 2 aromatic heterocycles. The number of aromatic carboxylic acids is 1. The number of halogens is 1. The van der Waals surface area contributed by atoms with Crippen LogP contribution in [0.3, 0.4) is 0 Å². The minimum Gasteiger partial charge on any atom is -0.480 e. The number of nitrogens with one attached hydrogen (secondary N) is 1. The van der Waals surface area contributed by atoms with E-state index in [0.29, 0.717) is 11.1 Å². The summed E-state index contributed by atoms with van der Waals surface area (Å²) < 4.78 is 10.5. The van der Waals surface area contributed by atoms with E-state index in [4.69, 9.17) is 20.8 Å². The van der Waals surface area contributed by atoms with Crippen LogP contribution >= 0.6 is 11.6 Å². The van der Waals surface area contributed by atoms with E-state index in [1.807, 2.05) is 0 Å². The van der Waals surface area contributed by atoms with Crippen molar-refractivity contribution in [3.05, 3.63) is 52.6 Å². The highest BCUT2D eigenvalue weighted by Gasteiger charge is 2.17. The Morgan fingerprint density at radius 2 is 2.12 bits per heavy atom. The molecular formula is C16H12ClN3O5. The molecule has 3 rings (SSSR count). The summed E-state index contributed by atoms with van der Waals surface area (Å²) in [4.78, 5) is 31.1. The van der Waals surface area contributed by atoms with Gasteiger partial charge in [-0.05, 0) is 18.2 Å². The molecule has 9 heteroatoms. The molecule has 0 aliphatic rings. The summed E-state index contributed by atoms with van der Waals surface area (Å²) in [6, 6.07) is 4.52. The number of benzene rings is 1. The van der Waals surface area contributed by atoms with Gasteiger partial charge in [0.15, 0.2) is 0 Å². The monoisotopic (exact) mass is 361 g/mol. The number of fused-ring (bicyclic) bond motifs is 1. The molecule has 0 aliphatic heterocycles. The molecule has 0 radical (unpaired) electrons. The molecule has 0 saturated heterocycles. The zero-order chi connectivity index (χ0) is 18.0. The first-order valence-corrected chi connectivity index (χ1v) is 7.45. The number of amides is 1. The SMILES string of the molecule is COc1ncncc1C(=O)NCc1cc2cc(Cl)cc(C(=O)O)c2o1. The molecule has 2 heterocycles. The van der Waals surface area contributed by atoms with Gasteiger partial charge in [0.1, 0.15) is 28.8 Å². The number of hydrogen-bond donors (Lipinski definition) is 2. The summed E-state index contributed by atoms with van der Waals surface area (Å²) in [6.45, 7) is 0.0439. The van der Waals surface area contributed by atoms with Gasteiger partial charge in [0.25, 0.3) is 5.91 Å². The Labute approximate surface area is 146 Å². The first kappa shape index (κ1) is 16.7. The van der Waals surface area contributed by atoms with Crippen molar-refractivity contribution in [3.63, 3.8) is 0 Å². The van der Waals surface area contributed by atoms with Crippen molar-refractivity contribution in [2.75, 3.05) is 7.11 Å². The Morgan fingerprint density at radius 3 is 2.84 bits per heavy atom. The van der Waals surface area contributed by atoms with Gasteiger partial charge in [0, 0.05) is 16.6 Å². The summed E-state index contributed by atoms with van der Waals surface area (Å²) in [7, 11) is 1.40. The molecule has 0 aliphatic carbocycles. The van der Waals surface area contributed by atoms with Crippen LogP contribution in [-0.2, 0) is 6.54 Å². The number of carboxylic acids is 1. The maximum absolute atomic E-state index is 12.2. The topological polar surface area (TPSA) is 115 Å². The van der Waals surface area contributed by atoms with Gasteiger partial charge in [-0.15, -0.1) is 0 Å². The second-order valence-electron chi connectivity index (χ2n) is 5.02. The normalized spacial score (nSPS) is 10.6. The second kappa shape index (κ2) is 6.78. The van der Waals surface area contributed by atoms with Crippen molar-refractivity contribution in [1.82, 2.24) is 15.3 Å². The van der Waals surface area contributed by atoms with Crippen molar-refractivity contribution in [2.24, 2.45) is 0 Å². The largest absolute Gasteiger partial charge is 0.480 e. The average Bonchev–Trinajstić information content (AvgIpc) is 3.01. The fourth-order valence-electron chi connectivity index (χ4n) is 2.32. The Bertz CT molecular complexity index is 970. The summed E-state index contributed by atoms with van der Waals surface area (Å²) in [5.74, 6) is -1.07. The predicted molar refractivity (Wildman–Crippen MR) is 87.9 cm³/mol. The molecular weight excluding hydrogens is 350 g/mol. The van der Waals surface area contributed by atoms with Crippen molar-refractivity contribution in [3.8, 4) is 5.88 Å². The Kier molecular flexibility index (Phi) is 4.53. The van der Waals surface area contributed by atoms with Gasteiger partial charge in [-0.25, -0.2) is 14.8 Å². The Balaban J connectivity index is 1.83. The molecule has 0 saturated carbocycles. The van der Waals surface area contributed by atoms with Crippen molar-refractivity contribution < 1.29 is 23.8 Å². The van der Waals surface area contributed by atoms with E-state index in [1.165, 1.54) is 25.7 Å². The highest BCUT2D eigenvalue weighted by Crippen LogP contribution is 2.27. The van der Waals surface area contributed by atoms with E-state index in [9.17, 15) is 14.7 Å². The van der Waals surface area contributed by atoms with E-state index >= 15 is 0 Å². The van der Waals surface area contributed by atoms with Crippen molar-refractivity contribution >= 4 is 34.4 Å². The van der Waals surface area contributed by atoms with Gasteiger partial charge < -0.3 is 19.6 Å². The molecule has 0 bridgehead atoms. The molecule has 0 spiro atoms. The predicted octanol–water partition coefficient (Wildman–Crippen LogP) is 2.51. The fourth-order valence-corrected chi connectivity index (χ4v) is 2.54. The maximum atomic E-state index is 12.2. The summed E-state index contributed by atoms with van der Waals surface area (Å²) in [5, 5.41) is 12.7. The maximum Gasteiger partial charge on any atom is 0.339 e.